The normalized spacial score (nSPS) is 11.6. The van der Waals surface area contributed by atoms with Crippen LogP contribution >= 0.6 is 0 Å². The molecule has 0 saturated heterocycles. The summed E-state index contributed by atoms with van der Waals surface area (Å²) < 4.78 is 22.6. The number of carbonyl (C=O) groups excluding carboxylic acids is 2. The van der Waals surface area contributed by atoms with Gasteiger partial charge in [0.25, 0.3) is 0 Å². The Morgan fingerprint density at radius 2 is 0.957 bits per heavy atom. The summed E-state index contributed by atoms with van der Waals surface area (Å²) >= 11 is 0. The first-order valence-corrected chi connectivity index (χ1v) is 17.5. The minimum Gasteiger partial charge on any atom is -0.494 e. The number of ether oxygens (including phenoxy) is 4. The molecule has 3 aromatic rings. The Hall–Kier alpha value is -3.64. The SMILES string of the molecule is CCCCCCCCCCOc1ccc(C(=O)Oc2ccc(-c3ccc(OC(=O)C(C)OCCCCCCCC)cc3)cc2)cc1. The molecule has 0 N–H and O–H groups in total. The van der Waals surface area contributed by atoms with Gasteiger partial charge in [-0.05, 0) is 79.4 Å². The van der Waals surface area contributed by atoms with Crippen molar-refractivity contribution in [3.8, 4) is 28.4 Å². The molecule has 0 amide bonds. The monoisotopic (exact) mass is 630 g/mol. The molecular weight excluding hydrogens is 576 g/mol. The molecule has 0 saturated carbocycles. The molecule has 6 heteroatoms. The van der Waals surface area contributed by atoms with Crippen LogP contribution in [0, 0.1) is 0 Å². The molecule has 1 unspecified atom stereocenters. The van der Waals surface area contributed by atoms with Crippen molar-refractivity contribution in [3.63, 3.8) is 0 Å². The highest BCUT2D eigenvalue weighted by atomic mass is 16.6. The lowest BCUT2D eigenvalue weighted by molar-refractivity contribution is -0.146. The van der Waals surface area contributed by atoms with E-state index in [1.54, 1.807) is 43.3 Å². The lowest BCUT2D eigenvalue weighted by Gasteiger charge is -2.13. The van der Waals surface area contributed by atoms with E-state index >= 15 is 0 Å². The van der Waals surface area contributed by atoms with E-state index < -0.39 is 18.0 Å². The van der Waals surface area contributed by atoms with Gasteiger partial charge in [0.15, 0.2) is 6.10 Å². The predicted octanol–water partition coefficient (Wildman–Crippen LogP) is 10.8. The van der Waals surface area contributed by atoms with Gasteiger partial charge in [0.2, 0.25) is 0 Å². The first kappa shape index (κ1) is 36.8. The van der Waals surface area contributed by atoms with E-state index in [2.05, 4.69) is 13.8 Å². The van der Waals surface area contributed by atoms with Gasteiger partial charge in [-0.1, -0.05) is 115 Å². The lowest BCUT2D eigenvalue weighted by Crippen LogP contribution is -2.26. The van der Waals surface area contributed by atoms with Crippen molar-refractivity contribution in [1.29, 1.82) is 0 Å². The molecule has 0 bridgehead atoms. The van der Waals surface area contributed by atoms with Gasteiger partial charge >= 0.3 is 11.9 Å². The fraction of sp³-hybridized carbons (Fsp3) is 0.500. The summed E-state index contributed by atoms with van der Waals surface area (Å²) in [6.45, 7) is 7.43. The number of unbranched alkanes of at least 4 members (excludes halogenated alkanes) is 12. The topological polar surface area (TPSA) is 71.1 Å². The Bertz CT molecular complexity index is 1250. The second kappa shape index (κ2) is 22.0. The van der Waals surface area contributed by atoms with Gasteiger partial charge in [-0.2, -0.15) is 0 Å². The van der Waals surface area contributed by atoms with Crippen molar-refractivity contribution in [3.05, 3.63) is 78.4 Å². The number of rotatable bonds is 23. The van der Waals surface area contributed by atoms with Gasteiger partial charge in [-0.25, -0.2) is 9.59 Å². The molecule has 3 aromatic carbocycles. The maximum Gasteiger partial charge on any atom is 0.343 e. The maximum atomic E-state index is 12.7. The Kier molecular flexibility index (Phi) is 17.6. The molecule has 0 fully saturated rings. The summed E-state index contributed by atoms with van der Waals surface area (Å²) in [6, 6.07) is 21.7. The number of esters is 2. The third-order valence-corrected chi connectivity index (χ3v) is 8.03. The molecular formula is C40H54O6. The van der Waals surface area contributed by atoms with Crippen LogP contribution in [0.2, 0.25) is 0 Å². The van der Waals surface area contributed by atoms with Crippen LogP contribution in [-0.4, -0.2) is 31.3 Å². The van der Waals surface area contributed by atoms with Gasteiger partial charge in [0, 0.05) is 6.61 Å². The Morgan fingerprint density at radius 1 is 0.522 bits per heavy atom. The third-order valence-electron chi connectivity index (χ3n) is 8.03. The summed E-state index contributed by atoms with van der Waals surface area (Å²) in [6.07, 6.45) is 16.5. The summed E-state index contributed by atoms with van der Waals surface area (Å²) in [4.78, 5) is 25.1. The van der Waals surface area contributed by atoms with Crippen LogP contribution in [0.4, 0.5) is 0 Å². The fourth-order valence-electron chi connectivity index (χ4n) is 5.12. The molecule has 250 valence electrons. The second-order valence-corrected chi connectivity index (χ2v) is 12.0. The van der Waals surface area contributed by atoms with Crippen LogP contribution in [0.25, 0.3) is 11.1 Å². The molecule has 0 aliphatic rings. The zero-order chi connectivity index (χ0) is 32.8. The summed E-state index contributed by atoms with van der Waals surface area (Å²) in [5.41, 5.74) is 2.37. The van der Waals surface area contributed by atoms with Crippen LogP contribution in [0.3, 0.4) is 0 Å². The lowest BCUT2D eigenvalue weighted by atomic mass is 10.1. The zero-order valence-corrected chi connectivity index (χ0v) is 28.3. The van der Waals surface area contributed by atoms with Gasteiger partial charge in [-0.3, -0.25) is 0 Å². The number of carbonyl (C=O) groups is 2. The highest BCUT2D eigenvalue weighted by Crippen LogP contribution is 2.26. The van der Waals surface area contributed by atoms with Crippen molar-refractivity contribution in [1.82, 2.24) is 0 Å². The molecule has 6 nitrogen and oxygen atoms in total. The average Bonchev–Trinajstić information content (AvgIpc) is 3.08. The first-order valence-electron chi connectivity index (χ1n) is 17.5. The Labute approximate surface area is 276 Å². The maximum absolute atomic E-state index is 12.7. The van der Waals surface area contributed by atoms with Gasteiger partial charge < -0.3 is 18.9 Å². The van der Waals surface area contributed by atoms with Crippen LogP contribution in [0.1, 0.15) is 121 Å². The van der Waals surface area contributed by atoms with Crippen LogP contribution in [0.5, 0.6) is 17.2 Å². The Balaban J connectivity index is 1.37. The molecule has 1 atom stereocenters. The highest BCUT2D eigenvalue weighted by Gasteiger charge is 2.16. The molecule has 0 aliphatic carbocycles. The zero-order valence-electron chi connectivity index (χ0n) is 28.3. The van der Waals surface area contributed by atoms with E-state index in [1.807, 2.05) is 36.4 Å². The smallest absolute Gasteiger partial charge is 0.343 e. The minimum absolute atomic E-state index is 0.397. The quantitative estimate of drug-likeness (QED) is 0.0590. The number of hydrogen-bond acceptors (Lipinski definition) is 6. The highest BCUT2D eigenvalue weighted by molar-refractivity contribution is 5.91. The van der Waals surface area contributed by atoms with Crippen LogP contribution < -0.4 is 14.2 Å². The van der Waals surface area contributed by atoms with E-state index in [9.17, 15) is 9.59 Å². The van der Waals surface area contributed by atoms with E-state index in [1.165, 1.54) is 70.6 Å². The first-order chi connectivity index (χ1) is 22.5. The minimum atomic E-state index is -0.610. The molecule has 46 heavy (non-hydrogen) atoms. The molecule has 0 spiro atoms. The molecule has 3 rings (SSSR count). The molecule has 0 heterocycles. The van der Waals surface area contributed by atoms with Crippen LogP contribution in [-0.2, 0) is 9.53 Å². The van der Waals surface area contributed by atoms with Gasteiger partial charge in [0.1, 0.15) is 17.2 Å². The summed E-state index contributed by atoms with van der Waals surface area (Å²) in [5.74, 6) is 0.878. The fourth-order valence-corrected chi connectivity index (χ4v) is 5.12. The summed E-state index contributed by atoms with van der Waals surface area (Å²) in [5, 5.41) is 0. The van der Waals surface area contributed by atoms with Crippen molar-refractivity contribution in [2.45, 2.75) is 117 Å². The molecule has 0 aromatic heterocycles. The van der Waals surface area contributed by atoms with Crippen LogP contribution in [0.15, 0.2) is 72.8 Å². The molecule has 0 radical (unpaired) electrons. The average molecular weight is 631 g/mol. The van der Waals surface area contributed by atoms with Crippen molar-refractivity contribution in [2.24, 2.45) is 0 Å². The van der Waals surface area contributed by atoms with Crippen molar-refractivity contribution < 1.29 is 28.5 Å². The largest absolute Gasteiger partial charge is 0.494 e. The number of hydrogen-bond donors (Lipinski definition) is 0. The van der Waals surface area contributed by atoms with Gasteiger partial charge in [-0.15, -0.1) is 0 Å². The van der Waals surface area contributed by atoms with E-state index in [0.29, 0.717) is 30.3 Å². The predicted molar refractivity (Wildman–Crippen MR) is 186 cm³/mol. The third kappa shape index (κ3) is 14.2. The Morgan fingerprint density at radius 3 is 1.48 bits per heavy atom. The van der Waals surface area contributed by atoms with E-state index in [0.717, 1.165) is 36.1 Å². The van der Waals surface area contributed by atoms with Gasteiger partial charge in [0.05, 0.1) is 12.2 Å². The van der Waals surface area contributed by atoms with E-state index in [4.69, 9.17) is 18.9 Å². The second-order valence-electron chi connectivity index (χ2n) is 12.0. The van der Waals surface area contributed by atoms with Crippen molar-refractivity contribution in [2.75, 3.05) is 13.2 Å². The van der Waals surface area contributed by atoms with E-state index in [-0.39, 0.29) is 0 Å². The molecule has 0 aliphatic heterocycles. The number of benzene rings is 3. The van der Waals surface area contributed by atoms with Crippen molar-refractivity contribution >= 4 is 11.9 Å². The summed E-state index contributed by atoms with van der Waals surface area (Å²) in [7, 11) is 0. The standard InChI is InChI=1S/C40H54O6/c1-4-6-8-10-12-13-15-17-31-44-36-24-22-35(23-25-36)40(42)46-38-28-20-34(21-29-38)33-18-26-37(27-19-33)45-39(41)32(3)43-30-16-14-11-9-7-5-2/h18-29,32H,4-17,30-31H2,1-3H3.